The van der Waals surface area contributed by atoms with E-state index < -0.39 is 0 Å². The quantitative estimate of drug-likeness (QED) is 0.684. The standard InChI is InChI=1S/C11H8FS/c12-10-4-1-3-9(7-10)8-11-5-2-6-13-11/h1-2,4-7H,8H2/p+1. The van der Waals surface area contributed by atoms with E-state index in [1.54, 1.807) is 17.4 Å². The molecule has 2 heteroatoms. The summed E-state index contributed by atoms with van der Waals surface area (Å²) in [6.45, 7) is 0. The van der Waals surface area contributed by atoms with Crippen LogP contribution in [0.4, 0.5) is 4.39 Å². The van der Waals surface area contributed by atoms with Crippen molar-refractivity contribution in [2.24, 2.45) is 0 Å². The average Bonchev–Trinajstić information content (AvgIpc) is 2.57. The molecule has 0 unspecified atom stereocenters. The molecule has 0 aliphatic carbocycles. The molecule has 1 radical (unpaired) electrons. The van der Waals surface area contributed by atoms with Crippen molar-refractivity contribution >= 4 is 11.3 Å². The number of thiophene rings is 1. The Labute approximate surface area is 82.1 Å². The Morgan fingerprint density at radius 2 is 2.38 bits per heavy atom. The zero-order chi connectivity index (χ0) is 9.10. The first kappa shape index (κ1) is 8.45. The first-order chi connectivity index (χ1) is 6.34. The van der Waals surface area contributed by atoms with Gasteiger partial charge in [-0.15, -0.1) is 11.3 Å². The van der Waals surface area contributed by atoms with E-state index in [1.807, 2.05) is 17.5 Å². The normalized spacial score (nSPS) is 10.2. The third kappa shape index (κ3) is 2.16. The van der Waals surface area contributed by atoms with E-state index in [0.29, 0.717) is 0 Å². The Morgan fingerprint density at radius 3 is 3.08 bits per heavy atom. The fourth-order valence-corrected chi connectivity index (χ4v) is 1.92. The lowest BCUT2D eigenvalue weighted by atomic mass is 10.1. The zero-order valence-corrected chi connectivity index (χ0v) is 7.77. The van der Waals surface area contributed by atoms with Gasteiger partial charge in [-0.05, 0) is 35.2 Å². The number of halogens is 1. The minimum atomic E-state index is -0.190. The SMILES string of the molecule is Fc1cc[c]c(Cc2cccs2)c1.[H+]. The molecule has 0 spiro atoms. The summed E-state index contributed by atoms with van der Waals surface area (Å²) in [5, 5.41) is 2.02. The number of rotatable bonds is 2. The molecule has 0 aliphatic heterocycles. The number of benzene rings is 1. The van der Waals surface area contributed by atoms with Crippen LogP contribution >= 0.6 is 11.3 Å². The highest BCUT2D eigenvalue weighted by Crippen LogP contribution is 2.14. The predicted octanol–water partition coefficient (Wildman–Crippen LogP) is 3.39. The second kappa shape index (κ2) is 3.71. The number of hydrogen-bond acceptors (Lipinski definition) is 1. The minimum Gasteiger partial charge on any atom is -0.207 e. The molecule has 65 valence electrons. The van der Waals surface area contributed by atoms with E-state index in [4.69, 9.17) is 0 Å². The summed E-state index contributed by atoms with van der Waals surface area (Å²) in [4.78, 5) is 1.24. The van der Waals surface area contributed by atoms with Crippen molar-refractivity contribution in [2.75, 3.05) is 0 Å². The summed E-state index contributed by atoms with van der Waals surface area (Å²) in [5.74, 6) is -0.190. The molecule has 0 nitrogen and oxygen atoms in total. The molecule has 13 heavy (non-hydrogen) atoms. The van der Waals surface area contributed by atoms with E-state index in [0.717, 1.165) is 12.0 Å². The predicted molar refractivity (Wildman–Crippen MR) is 53.5 cm³/mol. The van der Waals surface area contributed by atoms with Gasteiger partial charge in [0.1, 0.15) is 5.82 Å². The van der Waals surface area contributed by atoms with Gasteiger partial charge < -0.3 is 0 Å². The second-order valence-corrected chi connectivity index (χ2v) is 3.82. The first-order valence-corrected chi connectivity index (χ1v) is 4.91. The maximum absolute atomic E-state index is 12.8. The fourth-order valence-electron chi connectivity index (χ4n) is 1.19. The van der Waals surface area contributed by atoms with Crippen LogP contribution in [0.1, 0.15) is 11.9 Å². The van der Waals surface area contributed by atoms with Crippen molar-refractivity contribution in [1.82, 2.24) is 0 Å². The van der Waals surface area contributed by atoms with Crippen LogP contribution in [0.5, 0.6) is 0 Å². The van der Waals surface area contributed by atoms with E-state index in [2.05, 4.69) is 6.07 Å². The maximum Gasteiger partial charge on any atom is 1.00 e. The lowest BCUT2D eigenvalue weighted by Gasteiger charge is -1.97. The van der Waals surface area contributed by atoms with Gasteiger partial charge in [-0.25, -0.2) is 4.39 Å². The monoisotopic (exact) mass is 192 g/mol. The molecule has 0 atom stereocenters. The van der Waals surface area contributed by atoms with Gasteiger partial charge in [0.2, 0.25) is 0 Å². The van der Waals surface area contributed by atoms with E-state index in [1.165, 1.54) is 17.0 Å². The molecule has 0 N–H and O–H groups in total. The highest BCUT2D eigenvalue weighted by Gasteiger charge is 1.98. The van der Waals surface area contributed by atoms with Crippen LogP contribution in [-0.4, -0.2) is 0 Å². The molecule has 0 aliphatic rings. The summed E-state index contributed by atoms with van der Waals surface area (Å²) in [6, 6.07) is 11.6. The topological polar surface area (TPSA) is 0 Å². The average molecular weight is 192 g/mol. The van der Waals surface area contributed by atoms with Crippen LogP contribution in [0.2, 0.25) is 0 Å². The Morgan fingerprint density at radius 1 is 1.46 bits per heavy atom. The van der Waals surface area contributed by atoms with Crippen molar-refractivity contribution in [3.63, 3.8) is 0 Å². The molecule has 1 aromatic carbocycles. The first-order valence-electron chi connectivity index (χ1n) is 4.03. The van der Waals surface area contributed by atoms with Gasteiger partial charge in [0.15, 0.2) is 0 Å². The van der Waals surface area contributed by atoms with E-state index >= 15 is 0 Å². The summed E-state index contributed by atoms with van der Waals surface area (Å²) in [7, 11) is 0. The summed E-state index contributed by atoms with van der Waals surface area (Å²) in [6.07, 6.45) is 0.773. The van der Waals surface area contributed by atoms with Crippen molar-refractivity contribution < 1.29 is 5.82 Å². The van der Waals surface area contributed by atoms with Crippen molar-refractivity contribution in [3.8, 4) is 0 Å². The largest absolute Gasteiger partial charge is 1.00 e. The highest BCUT2D eigenvalue weighted by atomic mass is 32.1. The van der Waals surface area contributed by atoms with Crippen LogP contribution in [0.3, 0.4) is 0 Å². The minimum absolute atomic E-state index is 0. The summed E-state index contributed by atoms with van der Waals surface area (Å²) < 4.78 is 12.8. The molecular formula is C11H9FS+. The molecule has 0 saturated carbocycles. The Kier molecular flexibility index (Phi) is 2.41. The van der Waals surface area contributed by atoms with Crippen LogP contribution < -0.4 is 0 Å². The van der Waals surface area contributed by atoms with Gasteiger partial charge in [0.25, 0.3) is 0 Å². The lowest BCUT2D eigenvalue weighted by Crippen LogP contribution is -1.85. The molecule has 1 aromatic heterocycles. The smallest absolute Gasteiger partial charge is 0.207 e. The summed E-state index contributed by atoms with van der Waals surface area (Å²) in [5.41, 5.74) is 0.905. The molecule has 0 bridgehead atoms. The fraction of sp³-hybridized carbons (Fsp3) is 0.0909. The Balaban J connectivity index is 0.000000980. The van der Waals surface area contributed by atoms with Crippen LogP contribution in [-0.2, 0) is 6.42 Å². The van der Waals surface area contributed by atoms with Gasteiger partial charge >= 0.3 is 1.43 Å². The van der Waals surface area contributed by atoms with Crippen LogP contribution in [0, 0.1) is 11.9 Å². The van der Waals surface area contributed by atoms with Gasteiger partial charge in [0, 0.05) is 11.3 Å². The molecule has 0 fully saturated rings. The zero-order valence-electron chi connectivity index (χ0n) is 7.96. The van der Waals surface area contributed by atoms with E-state index in [-0.39, 0.29) is 7.24 Å². The van der Waals surface area contributed by atoms with E-state index in [9.17, 15) is 4.39 Å². The molecule has 2 rings (SSSR count). The van der Waals surface area contributed by atoms with Crippen molar-refractivity contribution in [2.45, 2.75) is 6.42 Å². The van der Waals surface area contributed by atoms with Gasteiger partial charge in [0.05, 0.1) is 0 Å². The van der Waals surface area contributed by atoms with Gasteiger partial charge in [-0.3, -0.25) is 0 Å². The van der Waals surface area contributed by atoms with Gasteiger partial charge in [-0.1, -0.05) is 12.1 Å². The lowest BCUT2D eigenvalue weighted by molar-refractivity contribution is 0.626. The molecule has 1 heterocycles. The Bertz CT molecular complexity index is 384. The summed E-state index contributed by atoms with van der Waals surface area (Å²) >= 11 is 1.68. The Hall–Kier alpha value is -1.15. The highest BCUT2D eigenvalue weighted by molar-refractivity contribution is 7.09. The number of hydrogen-bond donors (Lipinski definition) is 0. The third-order valence-electron chi connectivity index (χ3n) is 1.77. The van der Waals surface area contributed by atoms with Gasteiger partial charge in [-0.2, -0.15) is 0 Å². The third-order valence-corrected chi connectivity index (χ3v) is 2.64. The van der Waals surface area contributed by atoms with Crippen molar-refractivity contribution in [3.05, 3.63) is 58.0 Å². The van der Waals surface area contributed by atoms with Crippen LogP contribution in [0.15, 0.2) is 35.7 Å². The van der Waals surface area contributed by atoms with Crippen molar-refractivity contribution in [1.29, 1.82) is 0 Å². The molecule has 0 saturated heterocycles. The molecular weight excluding hydrogens is 183 g/mol. The molecule has 0 amide bonds. The molecule has 2 aromatic rings. The maximum atomic E-state index is 12.8. The second-order valence-electron chi connectivity index (χ2n) is 2.79. The van der Waals surface area contributed by atoms with Crippen LogP contribution in [0.25, 0.3) is 0 Å².